The molecule has 3 nitrogen and oxygen atoms in total. The van der Waals surface area contributed by atoms with E-state index in [2.05, 4.69) is 0 Å². The van der Waals surface area contributed by atoms with Crippen LogP contribution in [0.3, 0.4) is 0 Å². The van der Waals surface area contributed by atoms with Crippen molar-refractivity contribution in [3.05, 3.63) is 70.2 Å². The molecule has 2 rings (SSSR count). The van der Waals surface area contributed by atoms with Gasteiger partial charge in [-0.2, -0.15) is 0 Å². The summed E-state index contributed by atoms with van der Waals surface area (Å²) >= 11 is 5.91. The third kappa shape index (κ3) is 4.53. The number of ether oxygens (including phenoxy) is 1. The van der Waals surface area contributed by atoms with Crippen LogP contribution >= 0.6 is 24.0 Å². The molecule has 0 aliphatic heterocycles. The van der Waals surface area contributed by atoms with Crippen molar-refractivity contribution >= 4 is 29.8 Å². The predicted molar refractivity (Wildman–Crippen MR) is 84.7 cm³/mol. The van der Waals surface area contributed by atoms with Gasteiger partial charge in [0.2, 0.25) is 0 Å². The molecule has 0 atom stereocenters. The first-order chi connectivity index (χ1) is 9.16. The summed E-state index contributed by atoms with van der Waals surface area (Å²) in [6, 6.07) is 15.1. The fourth-order valence-electron chi connectivity index (χ4n) is 1.81. The van der Waals surface area contributed by atoms with Gasteiger partial charge in [0.15, 0.2) is 0 Å². The average molecular weight is 311 g/mol. The van der Waals surface area contributed by atoms with E-state index in [-0.39, 0.29) is 18.2 Å². The number of amidine groups is 1. The van der Waals surface area contributed by atoms with Crippen LogP contribution in [0.5, 0.6) is 0 Å². The topological polar surface area (TPSA) is 59.1 Å². The molecule has 106 valence electrons. The lowest BCUT2D eigenvalue weighted by Gasteiger charge is -2.09. The molecule has 0 aliphatic carbocycles. The first-order valence-electron chi connectivity index (χ1n) is 5.91. The third-order valence-corrected chi connectivity index (χ3v) is 2.96. The van der Waals surface area contributed by atoms with Crippen LogP contribution in [0.4, 0.5) is 0 Å². The van der Waals surface area contributed by atoms with Gasteiger partial charge < -0.3 is 10.5 Å². The summed E-state index contributed by atoms with van der Waals surface area (Å²) in [5.41, 5.74) is 8.18. The van der Waals surface area contributed by atoms with Crippen molar-refractivity contribution in [2.75, 3.05) is 0 Å². The summed E-state index contributed by atoms with van der Waals surface area (Å²) in [4.78, 5) is 0. The van der Waals surface area contributed by atoms with Crippen molar-refractivity contribution in [2.24, 2.45) is 5.73 Å². The Morgan fingerprint density at radius 2 is 1.85 bits per heavy atom. The number of nitrogens with two attached hydrogens (primary N) is 1. The van der Waals surface area contributed by atoms with E-state index in [9.17, 15) is 0 Å². The van der Waals surface area contributed by atoms with Gasteiger partial charge in [-0.05, 0) is 23.3 Å². The van der Waals surface area contributed by atoms with Gasteiger partial charge in [0.05, 0.1) is 13.2 Å². The van der Waals surface area contributed by atoms with E-state index in [0.29, 0.717) is 23.8 Å². The van der Waals surface area contributed by atoms with E-state index in [0.717, 1.165) is 11.1 Å². The molecule has 0 radical (unpaired) electrons. The first kappa shape index (κ1) is 16.5. The third-order valence-electron chi connectivity index (χ3n) is 2.72. The molecule has 0 spiro atoms. The van der Waals surface area contributed by atoms with Crippen LogP contribution in [0.1, 0.15) is 16.7 Å². The molecule has 0 saturated heterocycles. The van der Waals surface area contributed by atoms with E-state index in [1.807, 2.05) is 48.5 Å². The van der Waals surface area contributed by atoms with Crippen molar-refractivity contribution < 1.29 is 4.74 Å². The Hall–Kier alpha value is -1.55. The summed E-state index contributed by atoms with van der Waals surface area (Å²) < 4.78 is 5.64. The average Bonchev–Trinajstić information content (AvgIpc) is 2.39. The monoisotopic (exact) mass is 310 g/mol. The molecular formula is C15H16Cl2N2O. The maximum atomic E-state index is 7.51. The van der Waals surface area contributed by atoms with Crippen LogP contribution in [0, 0.1) is 5.41 Å². The molecule has 0 bridgehead atoms. The number of halogens is 2. The number of hydrogen-bond acceptors (Lipinski definition) is 2. The Labute approximate surface area is 129 Å². The zero-order valence-electron chi connectivity index (χ0n) is 10.8. The summed E-state index contributed by atoms with van der Waals surface area (Å²) in [6.45, 7) is 0.898. The molecule has 3 N–H and O–H groups in total. The van der Waals surface area contributed by atoms with Gasteiger partial charge in [0.25, 0.3) is 0 Å². The minimum absolute atomic E-state index is 0. The molecule has 0 saturated carbocycles. The fraction of sp³-hybridized carbons (Fsp3) is 0.133. The smallest absolute Gasteiger partial charge is 0.123 e. The van der Waals surface area contributed by atoms with Crippen molar-refractivity contribution in [3.63, 3.8) is 0 Å². The predicted octanol–water partition coefficient (Wildman–Crippen LogP) is 3.76. The van der Waals surface area contributed by atoms with Gasteiger partial charge >= 0.3 is 0 Å². The maximum Gasteiger partial charge on any atom is 0.123 e. The van der Waals surface area contributed by atoms with Gasteiger partial charge in [0, 0.05) is 10.6 Å². The van der Waals surface area contributed by atoms with E-state index < -0.39 is 0 Å². The zero-order chi connectivity index (χ0) is 13.7. The first-order valence-corrected chi connectivity index (χ1v) is 6.29. The highest BCUT2D eigenvalue weighted by molar-refractivity contribution is 6.30. The number of benzene rings is 2. The highest BCUT2D eigenvalue weighted by Crippen LogP contribution is 2.14. The SMILES string of the molecule is Cl.N=C(N)c1ccccc1COCc1cccc(Cl)c1. The molecular weight excluding hydrogens is 295 g/mol. The molecule has 2 aromatic rings. The Bertz CT molecular complexity index is 588. The van der Waals surface area contributed by atoms with E-state index >= 15 is 0 Å². The quantitative estimate of drug-likeness (QED) is 0.652. The lowest BCUT2D eigenvalue weighted by molar-refractivity contribution is 0.107. The second kappa shape index (κ2) is 7.90. The summed E-state index contributed by atoms with van der Waals surface area (Å²) in [5.74, 6) is 0.0574. The Kier molecular flexibility index (Phi) is 6.52. The van der Waals surface area contributed by atoms with E-state index in [1.165, 1.54) is 0 Å². The van der Waals surface area contributed by atoms with Crippen molar-refractivity contribution in [1.82, 2.24) is 0 Å². The fourth-order valence-corrected chi connectivity index (χ4v) is 2.03. The minimum atomic E-state index is 0. The number of nitrogens with one attached hydrogen (secondary N) is 1. The molecule has 0 unspecified atom stereocenters. The summed E-state index contributed by atoms with van der Waals surface area (Å²) in [6.07, 6.45) is 0. The van der Waals surface area contributed by atoms with Crippen molar-refractivity contribution in [3.8, 4) is 0 Å². The highest BCUT2D eigenvalue weighted by atomic mass is 35.5. The van der Waals surface area contributed by atoms with Gasteiger partial charge in [-0.3, -0.25) is 5.41 Å². The highest BCUT2D eigenvalue weighted by Gasteiger charge is 2.04. The van der Waals surface area contributed by atoms with Crippen molar-refractivity contribution in [1.29, 1.82) is 5.41 Å². The Balaban J connectivity index is 0.00000200. The molecule has 0 heterocycles. The summed E-state index contributed by atoms with van der Waals surface area (Å²) in [5, 5.41) is 8.21. The molecule has 0 amide bonds. The molecule has 2 aromatic carbocycles. The van der Waals surface area contributed by atoms with Gasteiger partial charge in [-0.25, -0.2) is 0 Å². The normalized spacial score (nSPS) is 9.85. The maximum absolute atomic E-state index is 7.51. The van der Waals surface area contributed by atoms with Gasteiger partial charge in [-0.1, -0.05) is 48.0 Å². The lowest BCUT2D eigenvalue weighted by atomic mass is 10.1. The largest absolute Gasteiger partial charge is 0.384 e. The van der Waals surface area contributed by atoms with Gasteiger partial charge in [-0.15, -0.1) is 12.4 Å². The minimum Gasteiger partial charge on any atom is -0.384 e. The molecule has 0 aliphatic rings. The lowest BCUT2D eigenvalue weighted by Crippen LogP contribution is -2.14. The Morgan fingerprint density at radius 1 is 1.10 bits per heavy atom. The van der Waals surface area contributed by atoms with Crippen LogP contribution in [0.2, 0.25) is 5.02 Å². The second-order valence-electron chi connectivity index (χ2n) is 4.19. The molecule has 5 heteroatoms. The molecule has 20 heavy (non-hydrogen) atoms. The number of nitrogen functional groups attached to an aromatic ring is 1. The number of hydrogen-bond donors (Lipinski definition) is 2. The van der Waals surface area contributed by atoms with Gasteiger partial charge in [0.1, 0.15) is 5.84 Å². The summed E-state index contributed by atoms with van der Waals surface area (Å²) in [7, 11) is 0. The standard InChI is InChI=1S/C15H15ClN2O.ClH/c16-13-6-3-4-11(8-13)9-19-10-12-5-1-2-7-14(12)15(17)18;/h1-8H,9-10H2,(H3,17,18);1H. The van der Waals surface area contributed by atoms with E-state index in [4.69, 9.17) is 27.5 Å². The van der Waals surface area contributed by atoms with Crippen LogP contribution in [-0.2, 0) is 18.0 Å². The van der Waals surface area contributed by atoms with E-state index in [1.54, 1.807) is 0 Å². The second-order valence-corrected chi connectivity index (χ2v) is 4.63. The van der Waals surface area contributed by atoms with Crippen molar-refractivity contribution in [2.45, 2.75) is 13.2 Å². The number of rotatable bonds is 5. The molecule has 0 aromatic heterocycles. The Morgan fingerprint density at radius 3 is 2.55 bits per heavy atom. The van der Waals surface area contributed by atoms with Crippen LogP contribution in [0.15, 0.2) is 48.5 Å². The van der Waals surface area contributed by atoms with Crippen LogP contribution in [0.25, 0.3) is 0 Å². The van der Waals surface area contributed by atoms with Crippen LogP contribution < -0.4 is 5.73 Å². The van der Waals surface area contributed by atoms with Crippen LogP contribution in [-0.4, -0.2) is 5.84 Å². The zero-order valence-corrected chi connectivity index (χ0v) is 12.4. The molecule has 0 fully saturated rings.